The number of nitrogens with one attached hydrogen (secondary N) is 1. The Kier molecular flexibility index (Phi) is 4.05. The molecule has 0 atom stereocenters. The maximum absolute atomic E-state index is 13.8. The van der Waals surface area contributed by atoms with Crippen LogP contribution in [0.25, 0.3) is 22.1 Å². The fourth-order valence-electron chi connectivity index (χ4n) is 2.99. The smallest absolute Gasteiger partial charge is 0.347 e. The fraction of sp³-hybridized carbons (Fsp3) is 0.0952. The third-order valence-electron chi connectivity index (χ3n) is 4.14. The van der Waals surface area contributed by atoms with Crippen LogP contribution in [0.4, 0.5) is 10.3 Å². The van der Waals surface area contributed by atoms with Gasteiger partial charge in [0.25, 0.3) is 0 Å². The summed E-state index contributed by atoms with van der Waals surface area (Å²) in [5, 5.41) is 3.52. The minimum absolute atomic E-state index is 0.303. The van der Waals surface area contributed by atoms with Crippen LogP contribution >= 0.6 is 0 Å². The van der Waals surface area contributed by atoms with Crippen molar-refractivity contribution < 1.29 is 13.2 Å². The Hall–Kier alpha value is -3.34. The van der Waals surface area contributed by atoms with E-state index in [1.165, 1.54) is 12.1 Å². The summed E-state index contributed by atoms with van der Waals surface area (Å²) in [5.41, 5.74) is 2.02. The highest BCUT2D eigenvalue weighted by Crippen LogP contribution is 2.37. The molecule has 0 fully saturated rings. The first-order valence-corrected chi connectivity index (χ1v) is 8.23. The van der Waals surface area contributed by atoms with Crippen LogP contribution in [0.2, 0.25) is 0 Å². The third-order valence-corrected chi connectivity index (χ3v) is 4.14. The molecule has 0 aliphatic rings. The van der Waals surface area contributed by atoms with Gasteiger partial charge in [-0.15, -0.1) is 0 Å². The van der Waals surface area contributed by atoms with E-state index in [4.69, 9.17) is 8.83 Å². The SMILES string of the molecule is Cc1cc2oc(NCc3ccccc3)c(-c3cccc(F)c3)c2c(=O)o1. The number of furan rings is 1. The summed E-state index contributed by atoms with van der Waals surface area (Å²) in [6.07, 6.45) is 0. The average molecular weight is 349 g/mol. The van der Waals surface area contributed by atoms with Crippen molar-refractivity contribution in [2.24, 2.45) is 0 Å². The first-order chi connectivity index (χ1) is 12.6. The standard InChI is InChI=1S/C21H16FNO3/c1-13-10-17-19(21(24)25-13)18(15-8-5-9-16(22)11-15)20(26-17)23-12-14-6-3-2-4-7-14/h2-11,23H,12H2,1H3. The number of fused-ring (bicyclic) bond motifs is 1. The summed E-state index contributed by atoms with van der Waals surface area (Å²) < 4.78 is 24.9. The summed E-state index contributed by atoms with van der Waals surface area (Å²) in [6.45, 7) is 2.19. The summed E-state index contributed by atoms with van der Waals surface area (Å²) in [4.78, 5) is 12.4. The van der Waals surface area contributed by atoms with Gasteiger partial charge in [0, 0.05) is 12.6 Å². The zero-order chi connectivity index (χ0) is 18.1. The Morgan fingerprint density at radius 3 is 2.58 bits per heavy atom. The minimum atomic E-state index is -0.504. The van der Waals surface area contributed by atoms with E-state index in [1.54, 1.807) is 25.1 Å². The van der Waals surface area contributed by atoms with Crippen LogP contribution in [-0.4, -0.2) is 0 Å². The predicted octanol–water partition coefficient (Wildman–Crippen LogP) is 5.11. The third kappa shape index (κ3) is 2.99. The van der Waals surface area contributed by atoms with E-state index < -0.39 is 5.63 Å². The number of benzene rings is 2. The molecule has 130 valence electrons. The first kappa shape index (κ1) is 16.1. The Morgan fingerprint density at radius 1 is 1.00 bits per heavy atom. The summed E-state index contributed by atoms with van der Waals surface area (Å²) in [5.74, 6) is 0.478. The molecular formula is C21H16FNO3. The Balaban J connectivity index is 1.87. The molecule has 0 saturated heterocycles. The van der Waals surface area contributed by atoms with Gasteiger partial charge in [-0.1, -0.05) is 42.5 Å². The molecule has 0 aliphatic carbocycles. The zero-order valence-electron chi connectivity index (χ0n) is 14.1. The number of anilines is 1. The molecule has 0 saturated carbocycles. The molecule has 1 N–H and O–H groups in total. The van der Waals surface area contributed by atoms with E-state index in [0.29, 0.717) is 40.3 Å². The molecule has 5 heteroatoms. The normalized spacial score (nSPS) is 11.0. The molecule has 0 radical (unpaired) electrons. The van der Waals surface area contributed by atoms with Crippen molar-refractivity contribution in [3.63, 3.8) is 0 Å². The van der Waals surface area contributed by atoms with E-state index in [9.17, 15) is 9.18 Å². The number of halogens is 1. The van der Waals surface area contributed by atoms with Crippen LogP contribution < -0.4 is 10.9 Å². The van der Waals surface area contributed by atoms with Crippen LogP contribution in [0.3, 0.4) is 0 Å². The van der Waals surface area contributed by atoms with Crippen molar-refractivity contribution in [1.29, 1.82) is 0 Å². The van der Waals surface area contributed by atoms with Crippen molar-refractivity contribution in [1.82, 2.24) is 0 Å². The molecule has 26 heavy (non-hydrogen) atoms. The second kappa shape index (κ2) is 6.52. The molecule has 4 nitrogen and oxygen atoms in total. The topological polar surface area (TPSA) is 55.4 Å². The number of hydrogen-bond donors (Lipinski definition) is 1. The molecule has 0 amide bonds. The maximum atomic E-state index is 13.8. The Bertz CT molecular complexity index is 1130. The van der Waals surface area contributed by atoms with E-state index in [-0.39, 0.29) is 5.82 Å². The zero-order valence-corrected chi connectivity index (χ0v) is 14.1. The van der Waals surface area contributed by atoms with Gasteiger partial charge in [0.05, 0.1) is 5.56 Å². The molecule has 2 aromatic carbocycles. The maximum Gasteiger partial charge on any atom is 0.347 e. The number of hydrogen-bond acceptors (Lipinski definition) is 4. The van der Waals surface area contributed by atoms with Crippen LogP contribution in [-0.2, 0) is 6.54 Å². The molecule has 0 bridgehead atoms. The van der Waals surface area contributed by atoms with Gasteiger partial charge in [-0.2, -0.15) is 0 Å². The van der Waals surface area contributed by atoms with Gasteiger partial charge in [-0.25, -0.2) is 9.18 Å². The first-order valence-electron chi connectivity index (χ1n) is 8.23. The highest BCUT2D eigenvalue weighted by molar-refractivity contribution is 5.99. The monoisotopic (exact) mass is 349 g/mol. The predicted molar refractivity (Wildman–Crippen MR) is 98.6 cm³/mol. The van der Waals surface area contributed by atoms with Crippen LogP contribution in [0.5, 0.6) is 0 Å². The van der Waals surface area contributed by atoms with Gasteiger partial charge in [0.15, 0.2) is 0 Å². The second-order valence-corrected chi connectivity index (χ2v) is 6.04. The van der Waals surface area contributed by atoms with Gasteiger partial charge >= 0.3 is 5.63 Å². The van der Waals surface area contributed by atoms with Gasteiger partial charge in [-0.3, -0.25) is 0 Å². The van der Waals surface area contributed by atoms with Gasteiger partial charge < -0.3 is 14.2 Å². The second-order valence-electron chi connectivity index (χ2n) is 6.04. The lowest BCUT2D eigenvalue weighted by Gasteiger charge is -2.07. The average Bonchev–Trinajstić information content (AvgIpc) is 2.99. The molecule has 0 spiro atoms. The van der Waals surface area contributed by atoms with Crippen LogP contribution in [0.1, 0.15) is 11.3 Å². The molecular weight excluding hydrogens is 333 g/mol. The summed E-state index contributed by atoms with van der Waals surface area (Å²) in [6, 6.07) is 17.5. The lowest BCUT2D eigenvalue weighted by atomic mass is 10.0. The Morgan fingerprint density at radius 2 is 1.81 bits per heavy atom. The molecule has 2 heterocycles. The Labute approximate surface area is 148 Å². The lowest BCUT2D eigenvalue weighted by Crippen LogP contribution is -2.02. The van der Waals surface area contributed by atoms with Crippen molar-refractivity contribution >= 4 is 16.9 Å². The highest BCUT2D eigenvalue weighted by Gasteiger charge is 2.20. The largest absolute Gasteiger partial charge is 0.440 e. The number of rotatable bonds is 4. The van der Waals surface area contributed by atoms with Crippen molar-refractivity contribution in [3.05, 3.63) is 88.2 Å². The van der Waals surface area contributed by atoms with Crippen LogP contribution in [0, 0.1) is 12.7 Å². The molecule has 4 rings (SSSR count). The van der Waals surface area contributed by atoms with E-state index in [1.807, 2.05) is 30.3 Å². The van der Waals surface area contributed by atoms with Crippen LogP contribution in [0.15, 0.2) is 74.3 Å². The highest BCUT2D eigenvalue weighted by atomic mass is 19.1. The van der Waals surface area contributed by atoms with Crippen molar-refractivity contribution in [3.8, 4) is 11.1 Å². The number of aryl methyl sites for hydroxylation is 1. The molecule has 0 unspecified atom stereocenters. The fourth-order valence-corrected chi connectivity index (χ4v) is 2.99. The van der Waals surface area contributed by atoms with E-state index in [0.717, 1.165) is 5.56 Å². The minimum Gasteiger partial charge on any atom is -0.440 e. The lowest BCUT2D eigenvalue weighted by molar-refractivity contribution is 0.485. The molecule has 0 aliphatic heterocycles. The summed E-state index contributed by atoms with van der Waals surface area (Å²) in [7, 11) is 0. The van der Waals surface area contributed by atoms with Gasteiger partial charge in [0.2, 0.25) is 5.88 Å². The van der Waals surface area contributed by atoms with E-state index >= 15 is 0 Å². The van der Waals surface area contributed by atoms with Gasteiger partial charge in [0.1, 0.15) is 22.5 Å². The molecule has 4 aromatic rings. The quantitative estimate of drug-likeness (QED) is 0.556. The summed E-state index contributed by atoms with van der Waals surface area (Å²) >= 11 is 0. The van der Waals surface area contributed by atoms with Gasteiger partial charge in [-0.05, 0) is 30.2 Å². The molecule has 2 aromatic heterocycles. The van der Waals surface area contributed by atoms with Crippen molar-refractivity contribution in [2.75, 3.05) is 5.32 Å². The van der Waals surface area contributed by atoms with E-state index in [2.05, 4.69) is 5.32 Å². The van der Waals surface area contributed by atoms with Crippen molar-refractivity contribution in [2.45, 2.75) is 13.5 Å².